The number of nitriles is 1. The predicted molar refractivity (Wildman–Crippen MR) is 123 cm³/mol. The van der Waals surface area contributed by atoms with Gasteiger partial charge in [0.25, 0.3) is 5.91 Å². The first-order valence-corrected chi connectivity index (χ1v) is 11.2. The van der Waals surface area contributed by atoms with Gasteiger partial charge in [-0.3, -0.25) is 9.78 Å². The number of likely N-dealkylation sites (N-methyl/N-ethyl adjacent to an activating group) is 1. The molecule has 0 spiro atoms. The number of carbonyl (C=O) groups is 1. The van der Waals surface area contributed by atoms with Crippen molar-refractivity contribution in [3.05, 3.63) is 48.3 Å². The van der Waals surface area contributed by atoms with Crippen molar-refractivity contribution in [3.63, 3.8) is 0 Å². The van der Waals surface area contributed by atoms with E-state index < -0.39 is 24.0 Å². The SMILES string of the molecule is C=C(C(=O)N[C@@H]1C[C@H](C(F)(F)F)CN(c2ccc(C#N)c3ncccc23)C1)N1CCN(C)CC1. The van der Waals surface area contributed by atoms with Crippen molar-refractivity contribution in [2.24, 2.45) is 5.92 Å². The third-order valence-corrected chi connectivity index (χ3v) is 6.60. The minimum Gasteiger partial charge on any atom is -0.368 e. The van der Waals surface area contributed by atoms with E-state index in [1.54, 1.807) is 35.4 Å². The summed E-state index contributed by atoms with van der Waals surface area (Å²) < 4.78 is 41.5. The van der Waals surface area contributed by atoms with Crippen molar-refractivity contribution in [3.8, 4) is 6.07 Å². The van der Waals surface area contributed by atoms with E-state index in [9.17, 15) is 23.2 Å². The fourth-order valence-corrected chi connectivity index (χ4v) is 4.65. The molecule has 1 N–H and O–H groups in total. The summed E-state index contributed by atoms with van der Waals surface area (Å²) in [6.07, 6.45) is -3.06. The molecule has 0 unspecified atom stereocenters. The highest BCUT2D eigenvalue weighted by atomic mass is 19.4. The molecular weight excluding hydrogens is 445 g/mol. The molecule has 34 heavy (non-hydrogen) atoms. The van der Waals surface area contributed by atoms with Crippen molar-refractivity contribution in [1.29, 1.82) is 5.26 Å². The Balaban J connectivity index is 1.57. The summed E-state index contributed by atoms with van der Waals surface area (Å²) in [4.78, 5) is 22.8. The number of aromatic nitrogens is 1. The smallest absolute Gasteiger partial charge is 0.368 e. The number of pyridine rings is 1. The molecule has 180 valence electrons. The van der Waals surface area contributed by atoms with Gasteiger partial charge in [0, 0.05) is 62.6 Å². The van der Waals surface area contributed by atoms with Crippen molar-refractivity contribution < 1.29 is 18.0 Å². The molecule has 1 aromatic carbocycles. The number of halogens is 3. The number of rotatable bonds is 4. The molecule has 2 atom stereocenters. The van der Waals surface area contributed by atoms with Gasteiger partial charge >= 0.3 is 6.18 Å². The highest BCUT2D eigenvalue weighted by Gasteiger charge is 2.45. The van der Waals surface area contributed by atoms with E-state index in [4.69, 9.17) is 0 Å². The van der Waals surface area contributed by atoms with E-state index in [0.29, 0.717) is 35.2 Å². The average Bonchev–Trinajstić information content (AvgIpc) is 2.82. The van der Waals surface area contributed by atoms with Gasteiger partial charge in [0.05, 0.1) is 22.7 Å². The molecule has 3 heterocycles. The number of amides is 1. The van der Waals surface area contributed by atoms with Gasteiger partial charge in [0.1, 0.15) is 6.07 Å². The number of hydrogen-bond acceptors (Lipinski definition) is 6. The third-order valence-electron chi connectivity index (χ3n) is 6.60. The second-order valence-corrected chi connectivity index (χ2v) is 8.93. The van der Waals surface area contributed by atoms with Crippen LogP contribution in [0.1, 0.15) is 12.0 Å². The van der Waals surface area contributed by atoms with Crippen LogP contribution in [0.3, 0.4) is 0 Å². The zero-order chi connectivity index (χ0) is 24.5. The fourth-order valence-electron chi connectivity index (χ4n) is 4.65. The molecule has 0 saturated carbocycles. The molecule has 2 aliphatic heterocycles. The lowest BCUT2D eigenvalue weighted by molar-refractivity contribution is -0.178. The lowest BCUT2D eigenvalue weighted by Crippen LogP contribution is -2.55. The molecule has 0 aliphatic carbocycles. The van der Waals surface area contributed by atoms with Crippen molar-refractivity contribution >= 4 is 22.5 Å². The van der Waals surface area contributed by atoms with Crippen molar-refractivity contribution in [2.45, 2.75) is 18.6 Å². The summed E-state index contributed by atoms with van der Waals surface area (Å²) in [5.74, 6) is -2.05. The summed E-state index contributed by atoms with van der Waals surface area (Å²) in [5, 5.41) is 12.8. The van der Waals surface area contributed by atoms with Crippen LogP contribution in [0.4, 0.5) is 18.9 Å². The van der Waals surface area contributed by atoms with Gasteiger partial charge in [-0.25, -0.2) is 0 Å². The molecule has 1 amide bonds. The fraction of sp³-hybridized carbons (Fsp3) is 0.458. The number of hydrogen-bond donors (Lipinski definition) is 1. The molecule has 7 nitrogen and oxygen atoms in total. The van der Waals surface area contributed by atoms with E-state index in [0.717, 1.165) is 13.1 Å². The second-order valence-electron chi connectivity index (χ2n) is 8.93. The van der Waals surface area contributed by atoms with Gasteiger partial charge in [0.15, 0.2) is 0 Å². The Hall–Kier alpha value is -3.32. The monoisotopic (exact) mass is 472 g/mol. The number of piperazine rings is 1. The average molecular weight is 473 g/mol. The van der Waals surface area contributed by atoms with Crippen LogP contribution in [0.15, 0.2) is 42.7 Å². The Morgan fingerprint density at radius 2 is 1.94 bits per heavy atom. The Morgan fingerprint density at radius 1 is 1.21 bits per heavy atom. The molecule has 2 aliphatic rings. The summed E-state index contributed by atoms with van der Waals surface area (Å²) >= 11 is 0. The van der Waals surface area contributed by atoms with E-state index >= 15 is 0 Å². The van der Waals surface area contributed by atoms with E-state index in [2.05, 4.69) is 27.8 Å². The van der Waals surface area contributed by atoms with Gasteiger partial charge in [-0.1, -0.05) is 6.58 Å². The summed E-state index contributed by atoms with van der Waals surface area (Å²) in [7, 11) is 2.00. The molecule has 0 radical (unpaired) electrons. The van der Waals surface area contributed by atoms with Crippen LogP contribution in [0.25, 0.3) is 10.9 Å². The van der Waals surface area contributed by atoms with E-state index in [1.165, 1.54) is 0 Å². The molecular formula is C24H27F3N6O. The maximum Gasteiger partial charge on any atom is 0.393 e. The van der Waals surface area contributed by atoms with Crippen LogP contribution < -0.4 is 10.2 Å². The molecule has 4 rings (SSSR count). The van der Waals surface area contributed by atoms with Gasteiger partial charge < -0.3 is 20.0 Å². The van der Waals surface area contributed by atoms with Crippen LogP contribution in [0, 0.1) is 17.2 Å². The largest absolute Gasteiger partial charge is 0.393 e. The van der Waals surface area contributed by atoms with E-state index in [-0.39, 0.29) is 25.2 Å². The first-order valence-electron chi connectivity index (χ1n) is 11.2. The predicted octanol–water partition coefficient (Wildman–Crippen LogP) is 2.74. The topological polar surface area (TPSA) is 75.5 Å². The standard InChI is InChI=1S/C24H27F3N6O/c1-16(32-10-8-31(2)9-11-32)23(34)30-19-12-18(24(25,26)27)14-33(15-19)21-6-5-17(13-28)22-20(21)4-3-7-29-22/h3-7,18-19H,1,8-12,14-15H2,2H3,(H,30,34)/t18-,19+/m0/s1. The lowest BCUT2D eigenvalue weighted by Gasteiger charge is -2.41. The molecule has 1 aromatic heterocycles. The number of benzene rings is 1. The molecule has 10 heteroatoms. The van der Waals surface area contributed by atoms with Crippen LogP contribution in [0.5, 0.6) is 0 Å². The summed E-state index contributed by atoms with van der Waals surface area (Å²) in [6, 6.07) is 8.04. The Bertz CT molecular complexity index is 1120. The Kier molecular flexibility index (Phi) is 6.66. The summed E-state index contributed by atoms with van der Waals surface area (Å²) in [6.45, 7) is 6.75. The van der Waals surface area contributed by atoms with Crippen LogP contribution in [0.2, 0.25) is 0 Å². The normalized spacial score (nSPS) is 21.9. The maximum atomic E-state index is 13.8. The van der Waals surface area contributed by atoms with Crippen LogP contribution in [-0.4, -0.2) is 79.2 Å². The number of anilines is 1. The first-order chi connectivity index (χ1) is 16.2. The number of nitrogens with one attached hydrogen (secondary N) is 1. The first kappa shape index (κ1) is 23.8. The van der Waals surface area contributed by atoms with Gasteiger partial charge in [0.2, 0.25) is 0 Å². The van der Waals surface area contributed by atoms with Gasteiger partial charge in [-0.2, -0.15) is 18.4 Å². The third kappa shape index (κ3) is 4.94. The number of carbonyl (C=O) groups excluding carboxylic acids is 1. The highest BCUT2D eigenvalue weighted by Crippen LogP contribution is 2.37. The maximum absolute atomic E-state index is 13.8. The quantitative estimate of drug-likeness (QED) is 0.690. The highest BCUT2D eigenvalue weighted by molar-refractivity contribution is 5.95. The zero-order valence-electron chi connectivity index (χ0n) is 19.0. The van der Waals surface area contributed by atoms with Crippen LogP contribution >= 0.6 is 0 Å². The van der Waals surface area contributed by atoms with Crippen molar-refractivity contribution in [1.82, 2.24) is 20.1 Å². The molecule has 0 bridgehead atoms. The minimum atomic E-state index is -4.41. The number of nitrogens with zero attached hydrogens (tertiary/aromatic N) is 5. The number of alkyl halides is 3. The molecule has 2 saturated heterocycles. The zero-order valence-corrected chi connectivity index (χ0v) is 19.0. The Morgan fingerprint density at radius 3 is 2.62 bits per heavy atom. The van der Waals surface area contributed by atoms with Crippen molar-refractivity contribution in [2.75, 3.05) is 51.2 Å². The van der Waals surface area contributed by atoms with Gasteiger partial charge in [-0.15, -0.1) is 0 Å². The van der Waals surface area contributed by atoms with E-state index in [1.807, 2.05) is 11.9 Å². The van der Waals surface area contributed by atoms with Crippen LogP contribution in [-0.2, 0) is 4.79 Å². The molecule has 2 fully saturated rings. The minimum absolute atomic E-state index is 0.200. The van der Waals surface area contributed by atoms with Gasteiger partial charge in [-0.05, 0) is 37.7 Å². The number of fused-ring (bicyclic) bond motifs is 1. The summed E-state index contributed by atoms with van der Waals surface area (Å²) in [5.41, 5.74) is 1.65. The second kappa shape index (κ2) is 9.50. The number of piperidine rings is 1. The lowest BCUT2D eigenvalue weighted by atomic mass is 9.92. The molecule has 2 aromatic rings. The Labute approximate surface area is 196 Å².